The van der Waals surface area contributed by atoms with Crippen LogP contribution in [0.3, 0.4) is 0 Å². The van der Waals surface area contributed by atoms with Crippen molar-refractivity contribution in [2.45, 2.75) is 32.1 Å². The van der Waals surface area contributed by atoms with E-state index >= 15 is 0 Å². The minimum absolute atomic E-state index is 0.149. The highest BCUT2D eigenvalue weighted by molar-refractivity contribution is 6.35. The van der Waals surface area contributed by atoms with Crippen molar-refractivity contribution < 1.29 is 9.59 Å². The van der Waals surface area contributed by atoms with Crippen LogP contribution in [0.15, 0.2) is 18.2 Å². The molecule has 2 bridgehead atoms. The van der Waals surface area contributed by atoms with E-state index in [0.29, 0.717) is 28.3 Å². The lowest BCUT2D eigenvalue weighted by molar-refractivity contribution is -0.123. The van der Waals surface area contributed by atoms with Gasteiger partial charge in [-0.25, -0.2) is 0 Å². The van der Waals surface area contributed by atoms with Crippen molar-refractivity contribution in [1.82, 2.24) is 10.9 Å². The number of amides is 2. The third-order valence-corrected chi connectivity index (χ3v) is 5.39. The van der Waals surface area contributed by atoms with E-state index < -0.39 is 5.91 Å². The van der Waals surface area contributed by atoms with Gasteiger partial charge in [-0.15, -0.1) is 0 Å². The number of benzene rings is 1. The Labute approximate surface area is 139 Å². The Bertz CT molecular complexity index is 606. The monoisotopic (exact) mass is 340 g/mol. The summed E-state index contributed by atoms with van der Waals surface area (Å²) in [5.74, 6) is 1.35. The molecule has 0 radical (unpaired) electrons. The maximum Gasteiger partial charge on any atom is 0.271 e. The Balaban J connectivity index is 1.50. The molecule has 2 N–H and O–H groups in total. The number of nitrogens with one attached hydrogen (secondary N) is 2. The van der Waals surface area contributed by atoms with Gasteiger partial charge < -0.3 is 0 Å². The molecule has 1 aromatic carbocycles. The zero-order valence-corrected chi connectivity index (χ0v) is 13.6. The molecule has 3 unspecified atom stereocenters. The first-order valence-electron chi connectivity index (χ1n) is 7.57. The van der Waals surface area contributed by atoms with Crippen LogP contribution in [0.1, 0.15) is 42.5 Å². The van der Waals surface area contributed by atoms with Gasteiger partial charge in [0.1, 0.15) is 0 Å². The predicted molar refractivity (Wildman–Crippen MR) is 85.6 cm³/mol. The van der Waals surface area contributed by atoms with E-state index in [2.05, 4.69) is 10.9 Å². The van der Waals surface area contributed by atoms with Crippen molar-refractivity contribution in [2.75, 3.05) is 0 Å². The van der Waals surface area contributed by atoms with Gasteiger partial charge in [-0.05, 0) is 55.2 Å². The normalized spacial score (nSPS) is 26.0. The van der Waals surface area contributed by atoms with Crippen molar-refractivity contribution in [3.8, 4) is 0 Å². The lowest BCUT2D eigenvalue weighted by Gasteiger charge is -2.20. The van der Waals surface area contributed by atoms with Crippen LogP contribution >= 0.6 is 23.2 Å². The van der Waals surface area contributed by atoms with Crippen molar-refractivity contribution in [3.05, 3.63) is 33.8 Å². The molecule has 0 saturated heterocycles. The third-order valence-electron chi connectivity index (χ3n) is 4.82. The average Bonchev–Trinajstić information content (AvgIpc) is 3.10. The van der Waals surface area contributed by atoms with Crippen LogP contribution in [0, 0.1) is 17.8 Å². The molecule has 0 aromatic heterocycles. The molecule has 3 rings (SSSR count). The van der Waals surface area contributed by atoms with Crippen LogP contribution in [0.2, 0.25) is 10.0 Å². The SMILES string of the molecule is O=C(CC1CC2CCC1C2)NNC(=O)c1cc(Cl)ccc1Cl. The van der Waals surface area contributed by atoms with Gasteiger partial charge in [-0.2, -0.15) is 0 Å². The largest absolute Gasteiger partial charge is 0.273 e. The van der Waals surface area contributed by atoms with Crippen LogP contribution in [-0.2, 0) is 4.79 Å². The molecule has 2 aliphatic rings. The topological polar surface area (TPSA) is 58.2 Å². The van der Waals surface area contributed by atoms with E-state index in [-0.39, 0.29) is 11.5 Å². The van der Waals surface area contributed by atoms with Crippen LogP contribution in [0.4, 0.5) is 0 Å². The molecule has 0 spiro atoms. The molecular weight excluding hydrogens is 323 g/mol. The van der Waals surface area contributed by atoms with Gasteiger partial charge in [0, 0.05) is 11.4 Å². The van der Waals surface area contributed by atoms with Crippen molar-refractivity contribution in [2.24, 2.45) is 17.8 Å². The fourth-order valence-corrected chi connectivity index (χ4v) is 4.16. The molecule has 0 heterocycles. The highest BCUT2D eigenvalue weighted by Crippen LogP contribution is 2.49. The summed E-state index contributed by atoms with van der Waals surface area (Å²) in [4.78, 5) is 24.0. The van der Waals surface area contributed by atoms with E-state index in [0.717, 1.165) is 12.3 Å². The van der Waals surface area contributed by atoms with E-state index in [9.17, 15) is 9.59 Å². The quantitative estimate of drug-likeness (QED) is 0.826. The van der Waals surface area contributed by atoms with Gasteiger partial charge in [0.2, 0.25) is 5.91 Å². The average molecular weight is 341 g/mol. The van der Waals surface area contributed by atoms with Crippen molar-refractivity contribution >= 4 is 35.0 Å². The number of carbonyl (C=O) groups excluding carboxylic acids is 2. The third kappa shape index (κ3) is 3.39. The summed E-state index contributed by atoms with van der Waals surface area (Å²) >= 11 is 11.8. The minimum atomic E-state index is -0.464. The Morgan fingerprint density at radius 2 is 1.95 bits per heavy atom. The maximum atomic E-state index is 12.0. The first-order valence-corrected chi connectivity index (χ1v) is 8.32. The van der Waals surface area contributed by atoms with Crippen LogP contribution in [-0.4, -0.2) is 11.8 Å². The highest BCUT2D eigenvalue weighted by atomic mass is 35.5. The van der Waals surface area contributed by atoms with Gasteiger partial charge in [0.25, 0.3) is 5.91 Å². The number of fused-ring (bicyclic) bond motifs is 2. The number of rotatable bonds is 3. The Morgan fingerprint density at radius 3 is 2.64 bits per heavy atom. The zero-order valence-electron chi connectivity index (χ0n) is 12.1. The maximum absolute atomic E-state index is 12.0. The second-order valence-electron chi connectivity index (χ2n) is 6.27. The fraction of sp³-hybridized carbons (Fsp3) is 0.500. The standard InChI is InChI=1S/C16H18Cl2N2O2/c17-12-3-4-14(18)13(8-12)16(22)20-19-15(21)7-11-6-9-1-2-10(11)5-9/h3-4,8-11H,1-2,5-7H2,(H,19,21)(H,20,22). The Kier molecular flexibility index (Phi) is 4.59. The number of hydrogen-bond acceptors (Lipinski definition) is 2. The molecule has 2 aliphatic carbocycles. The second-order valence-corrected chi connectivity index (χ2v) is 7.11. The summed E-state index contributed by atoms with van der Waals surface area (Å²) in [6.45, 7) is 0. The molecule has 6 heteroatoms. The van der Waals surface area contributed by atoms with Gasteiger partial charge >= 0.3 is 0 Å². The summed E-state index contributed by atoms with van der Waals surface area (Å²) in [5.41, 5.74) is 5.12. The molecule has 2 saturated carbocycles. The molecule has 2 amide bonds. The second kappa shape index (κ2) is 6.47. The predicted octanol–water partition coefficient (Wildman–Crippen LogP) is 3.58. The lowest BCUT2D eigenvalue weighted by atomic mass is 9.86. The van der Waals surface area contributed by atoms with Gasteiger partial charge in [-0.1, -0.05) is 29.6 Å². The zero-order chi connectivity index (χ0) is 15.7. The lowest BCUT2D eigenvalue weighted by Crippen LogP contribution is -2.42. The summed E-state index contributed by atoms with van der Waals surface area (Å²) in [6.07, 6.45) is 5.44. The fourth-order valence-electron chi connectivity index (χ4n) is 3.78. The molecule has 0 aliphatic heterocycles. The first-order chi connectivity index (χ1) is 10.5. The summed E-state index contributed by atoms with van der Waals surface area (Å²) in [7, 11) is 0. The van der Waals surface area contributed by atoms with Crippen LogP contribution in [0.5, 0.6) is 0 Å². The molecule has 4 nitrogen and oxygen atoms in total. The molecular formula is C16H18Cl2N2O2. The number of hydrogen-bond donors (Lipinski definition) is 2. The Hall–Kier alpha value is -1.26. The summed E-state index contributed by atoms with van der Waals surface area (Å²) < 4.78 is 0. The number of carbonyl (C=O) groups is 2. The molecule has 2 fully saturated rings. The van der Waals surface area contributed by atoms with E-state index in [4.69, 9.17) is 23.2 Å². The molecule has 1 aromatic rings. The molecule has 118 valence electrons. The molecule has 22 heavy (non-hydrogen) atoms. The Morgan fingerprint density at radius 1 is 1.14 bits per heavy atom. The number of halogens is 2. The summed E-state index contributed by atoms with van der Waals surface area (Å²) in [6, 6.07) is 4.63. The first kappa shape index (κ1) is 15.6. The van der Waals surface area contributed by atoms with Gasteiger partial charge in [0.15, 0.2) is 0 Å². The molecule has 3 atom stereocenters. The highest BCUT2D eigenvalue weighted by Gasteiger charge is 2.40. The van der Waals surface area contributed by atoms with Crippen molar-refractivity contribution in [1.29, 1.82) is 0 Å². The van der Waals surface area contributed by atoms with Crippen LogP contribution in [0.25, 0.3) is 0 Å². The smallest absolute Gasteiger partial charge is 0.271 e. The van der Waals surface area contributed by atoms with Crippen LogP contribution < -0.4 is 10.9 Å². The van der Waals surface area contributed by atoms with Gasteiger partial charge in [0.05, 0.1) is 10.6 Å². The number of hydrazine groups is 1. The van der Waals surface area contributed by atoms with E-state index in [1.165, 1.54) is 25.3 Å². The van der Waals surface area contributed by atoms with Gasteiger partial charge in [-0.3, -0.25) is 20.4 Å². The minimum Gasteiger partial charge on any atom is -0.273 e. The summed E-state index contributed by atoms with van der Waals surface area (Å²) in [5, 5.41) is 0.715. The van der Waals surface area contributed by atoms with Crippen molar-refractivity contribution in [3.63, 3.8) is 0 Å². The van der Waals surface area contributed by atoms with E-state index in [1.807, 2.05) is 0 Å². The van der Waals surface area contributed by atoms with E-state index in [1.54, 1.807) is 12.1 Å².